The fraction of sp³-hybridized carbons (Fsp3) is 0.167. The van der Waals surface area contributed by atoms with Gasteiger partial charge in [-0.2, -0.15) is 0 Å². The summed E-state index contributed by atoms with van der Waals surface area (Å²) >= 11 is 6.98. The molecule has 94 valence electrons. The molecule has 1 aromatic heterocycles. The van der Waals surface area contributed by atoms with Gasteiger partial charge in [0.2, 0.25) is 0 Å². The minimum absolute atomic E-state index is 0.186. The summed E-state index contributed by atoms with van der Waals surface area (Å²) in [5.74, 6) is -0.261. The van der Waals surface area contributed by atoms with Crippen LogP contribution in [0.3, 0.4) is 0 Å². The number of rotatable bonds is 4. The highest BCUT2D eigenvalue weighted by Gasteiger charge is 2.13. The summed E-state index contributed by atoms with van der Waals surface area (Å²) in [5, 5.41) is 0.774. The molecule has 0 unspecified atom stereocenters. The highest BCUT2D eigenvalue weighted by molar-refractivity contribution is 7.17. The predicted octanol–water partition coefficient (Wildman–Crippen LogP) is 3.38. The molecule has 0 spiro atoms. The summed E-state index contributed by atoms with van der Waals surface area (Å²) in [6, 6.07) is 6.54. The molecule has 2 aromatic rings. The first-order chi connectivity index (χ1) is 8.61. The lowest BCUT2D eigenvalue weighted by Crippen LogP contribution is -2.16. The van der Waals surface area contributed by atoms with Crippen molar-refractivity contribution in [2.24, 2.45) is 0 Å². The number of thiazole rings is 1. The van der Waals surface area contributed by atoms with E-state index in [9.17, 15) is 9.18 Å². The molecule has 0 aliphatic rings. The Morgan fingerprint density at radius 1 is 1.50 bits per heavy atom. The first-order valence-corrected chi connectivity index (χ1v) is 6.37. The molecule has 0 fully saturated rings. The molecule has 0 aliphatic carbocycles. The second-order valence-corrected chi connectivity index (χ2v) is 5.08. The van der Waals surface area contributed by atoms with E-state index >= 15 is 0 Å². The van der Waals surface area contributed by atoms with Crippen LogP contribution in [0.25, 0.3) is 0 Å². The van der Waals surface area contributed by atoms with Crippen LogP contribution in [0.2, 0.25) is 5.15 Å². The first-order valence-electron chi connectivity index (χ1n) is 5.18. The third-order valence-corrected chi connectivity index (χ3v) is 3.89. The Morgan fingerprint density at radius 2 is 2.22 bits per heavy atom. The number of hydrogen-bond donors (Lipinski definition) is 0. The zero-order chi connectivity index (χ0) is 13.1. The summed E-state index contributed by atoms with van der Waals surface area (Å²) in [4.78, 5) is 16.9. The van der Waals surface area contributed by atoms with Gasteiger partial charge in [-0.15, -0.1) is 0 Å². The third kappa shape index (κ3) is 2.68. The molecule has 0 bridgehead atoms. The fourth-order valence-electron chi connectivity index (χ4n) is 1.49. The van der Waals surface area contributed by atoms with E-state index in [4.69, 9.17) is 11.6 Å². The Hall–Kier alpha value is -1.46. The SMILES string of the molecule is CN(Cc1ccccc1F)c1nc(Cl)c(C=O)s1. The van der Waals surface area contributed by atoms with E-state index < -0.39 is 0 Å². The van der Waals surface area contributed by atoms with Crippen LogP contribution in [0.5, 0.6) is 0 Å². The van der Waals surface area contributed by atoms with Crippen molar-refractivity contribution in [2.45, 2.75) is 6.54 Å². The van der Waals surface area contributed by atoms with Crippen LogP contribution in [-0.2, 0) is 6.54 Å². The van der Waals surface area contributed by atoms with Gasteiger partial charge in [-0.1, -0.05) is 41.1 Å². The smallest absolute Gasteiger partial charge is 0.187 e. The van der Waals surface area contributed by atoms with Crippen LogP contribution in [0, 0.1) is 5.82 Å². The maximum atomic E-state index is 13.5. The number of carbonyl (C=O) groups excluding carboxylic acids is 1. The standard InChI is InChI=1S/C12H10ClFN2OS/c1-16(6-8-4-2-3-5-9(8)14)12-15-11(13)10(7-17)18-12/h2-5,7H,6H2,1H3. The number of halogens is 2. The van der Waals surface area contributed by atoms with Gasteiger partial charge in [0.05, 0.1) is 0 Å². The molecular weight excluding hydrogens is 275 g/mol. The molecule has 0 saturated carbocycles. The molecule has 0 N–H and O–H groups in total. The van der Waals surface area contributed by atoms with Crippen LogP contribution in [-0.4, -0.2) is 18.3 Å². The molecule has 0 radical (unpaired) electrons. The molecule has 0 aliphatic heterocycles. The van der Waals surface area contributed by atoms with E-state index in [1.54, 1.807) is 30.1 Å². The fourth-order valence-corrected chi connectivity index (χ4v) is 2.51. The molecular formula is C12H10ClFN2OS. The van der Waals surface area contributed by atoms with Crippen LogP contribution in [0.15, 0.2) is 24.3 Å². The van der Waals surface area contributed by atoms with E-state index in [2.05, 4.69) is 4.98 Å². The largest absolute Gasteiger partial charge is 0.347 e. The zero-order valence-corrected chi connectivity index (χ0v) is 11.1. The molecule has 1 aromatic carbocycles. The van der Waals surface area contributed by atoms with Gasteiger partial charge in [0.15, 0.2) is 16.6 Å². The Labute approximate surface area is 113 Å². The highest BCUT2D eigenvalue weighted by Crippen LogP contribution is 2.28. The summed E-state index contributed by atoms with van der Waals surface area (Å²) < 4.78 is 13.5. The Morgan fingerprint density at radius 3 is 2.83 bits per heavy atom. The number of benzene rings is 1. The average Bonchev–Trinajstić information content (AvgIpc) is 2.73. The molecule has 6 heteroatoms. The number of carbonyl (C=O) groups is 1. The van der Waals surface area contributed by atoms with Crippen molar-refractivity contribution in [2.75, 3.05) is 11.9 Å². The number of hydrogen-bond acceptors (Lipinski definition) is 4. The van der Waals surface area contributed by atoms with Crippen LogP contribution in [0.1, 0.15) is 15.2 Å². The van der Waals surface area contributed by atoms with E-state index in [0.717, 1.165) is 0 Å². The zero-order valence-electron chi connectivity index (χ0n) is 9.56. The molecule has 2 rings (SSSR count). The Kier molecular flexibility index (Phi) is 3.93. The second-order valence-electron chi connectivity index (χ2n) is 3.72. The van der Waals surface area contributed by atoms with E-state index in [-0.39, 0.29) is 11.0 Å². The van der Waals surface area contributed by atoms with Gasteiger partial charge in [-0.3, -0.25) is 4.79 Å². The lowest BCUT2D eigenvalue weighted by molar-refractivity contribution is 0.112. The molecule has 18 heavy (non-hydrogen) atoms. The Bertz CT molecular complexity index is 573. The monoisotopic (exact) mass is 284 g/mol. The van der Waals surface area contributed by atoms with E-state index in [1.807, 2.05) is 0 Å². The summed E-state index contributed by atoms with van der Waals surface area (Å²) in [6.45, 7) is 0.370. The van der Waals surface area contributed by atoms with Gasteiger partial charge in [-0.05, 0) is 6.07 Å². The average molecular weight is 285 g/mol. The molecule has 3 nitrogen and oxygen atoms in total. The number of aromatic nitrogens is 1. The molecule has 0 amide bonds. The number of nitrogens with zero attached hydrogens (tertiary/aromatic N) is 2. The van der Waals surface area contributed by atoms with Gasteiger partial charge in [0, 0.05) is 19.2 Å². The molecule has 0 saturated heterocycles. The highest BCUT2D eigenvalue weighted by atomic mass is 35.5. The van der Waals surface area contributed by atoms with Crippen molar-refractivity contribution in [3.63, 3.8) is 0 Å². The minimum Gasteiger partial charge on any atom is -0.347 e. The third-order valence-electron chi connectivity index (χ3n) is 2.40. The summed E-state index contributed by atoms with van der Waals surface area (Å²) in [5.41, 5.74) is 0.568. The number of anilines is 1. The van der Waals surface area contributed by atoms with Gasteiger partial charge in [-0.25, -0.2) is 9.37 Å². The van der Waals surface area contributed by atoms with Gasteiger partial charge < -0.3 is 4.90 Å². The predicted molar refractivity (Wildman–Crippen MR) is 71.0 cm³/mol. The first kappa shape index (κ1) is 13.0. The summed E-state index contributed by atoms with van der Waals surface area (Å²) in [6.07, 6.45) is 0.667. The summed E-state index contributed by atoms with van der Waals surface area (Å²) in [7, 11) is 1.77. The second kappa shape index (κ2) is 5.46. The van der Waals surface area contributed by atoms with Crippen molar-refractivity contribution in [3.05, 3.63) is 45.7 Å². The van der Waals surface area contributed by atoms with Gasteiger partial charge in [0.25, 0.3) is 0 Å². The topological polar surface area (TPSA) is 33.2 Å². The molecule has 0 atom stereocenters. The minimum atomic E-state index is -0.261. The van der Waals surface area contributed by atoms with Crippen LogP contribution < -0.4 is 4.90 Å². The van der Waals surface area contributed by atoms with Crippen molar-refractivity contribution in [1.29, 1.82) is 0 Å². The maximum absolute atomic E-state index is 13.5. The Balaban J connectivity index is 2.19. The quantitative estimate of drug-likeness (QED) is 0.807. The van der Waals surface area contributed by atoms with Gasteiger partial charge in [0.1, 0.15) is 10.7 Å². The van der Waals surface area contributed by atoms with Crippen LogP contribution >= 0.6 is 22.9 Å². The van der Waals surface area contributed by atoms with Gasteiger partial charge >= 0.3 is 0 Å². The van der Waals surface area contributed by atoms with Crippen molar-refractivity contribution in [3.8, 4) is 0 Å². The van der Waals surface area contributed by atoms with Crippen molar-refractivity contribution >= 4 is 34.4 Å². The number of aldehydes is 1. The van der Waals surface area contributed by atoms with E-state index in [1.165, 1.54) is 17.4 Å². The van der Waals surface area contributed by atoms with Crippen LogP contribution in [0.4, 0.5) is 9.52 Å². The lowest BCUT2D eigenvalue weighted by Gasteiger charge is -2.15. The normalized spacial score (nSPS) is 10.4. The maximum Gasteiger partial charge on any atom is 0.187 e. The lowest BCUT2D eigenvalue weighted by atomic mass is 10.2. The van der Waals surface area contributed by atoms with Crippen molar-refractivity contribution < 1.29 is 9.18 Å². The van der Waals surface area contributed by atoms with Crippen molar-refractivity contribution in [1.82, 2.24) is 4.98 Å². The van der Waals surface area contributed by atoms with E-state index in [0.29, 0.717) is 28.4 Å². The molecule has 1 heterocycles.